The van der Waals surface area contributed by atoms with Gasteiger partial charge < -0.3 is 10.2 Å². The summed E-state index contributed by atoms with van der Waals surface area (Å²) in [5.74, 6) is 0.174. The van der Waals surface area contributed by atoms with Gasteiger partial charge in [0.1, 0.15) is 0 Å². The Hall–Kier alpha value is -0.770. The summed E-state index contributed by atoms with van der Waals surface area (Å²) >= 11 is 12.2. The van der Waals surface area contributed by atoms with E-state index in [2.05, 4.69) is 5.32 Å². The number of rotatable bonds is 3. The maximum atomic E-state index is 12.0. The van der Waals surface area contributed by atoms with Crippen molar-refractivity contribution in [2.24, 2.45) is 0 Å². The summed E-state index contributed by atoms with van der Waals surface area (Å²) in [5, 5.41) is 4.50. The predicted octanol–water partition coefficient (Wildman–Crippen LogP) is 2.36. The van der Waals surface area contributed by atoms with Crippen LogP contribution in [0.2, 0.25) is 10.0 Å². The van der Waals surface area contributed by atoms with Gasteiger partial charge >= 0.3 is 0 Å². The summed E-state index contributed by atoms with van der Waals surface area (Å²) in [6.45, 7) is 3.32. The lowest BCUT2D eigenvalue weighted by Gasteiger charge is -2.27. The van der Waals surface area contributed by atoms with Crippen LogP contribution in [0.25, 0.3) is 0 Å². The van der Waals surface area contributed by atoms with E-state index >= 15 is 0 Å². The second kappa shape index (κ2) is 6.41. The Morgan fingerprint density at radius 1 is 1.22 bits per heavy atom. The fourth-order valence-electron chi connectivity index (χ4n) is 2.08. The summed E-state index contributed by atoms with van der Waals surface area (Å²) < 4.78 is 0. The number of hydrogen-bond donors (Lipinski definition) is 1. The molecule has 3 nitrogen and oxygen atoms in total. The topological polar surface area (TPSA) is 32.3 Å². The largest absolute Gasteiger partial charge is 0.340 e. The average molecular weight is 287 g/mol. The van der Waals surface area contributed by atoms with E-state index in [1.807, 2.05) is 11.0 Å². The smallest absolute Gasteiger partial charge is 0.222 e. The molecule has 0 unspecified atom stereocenters. The van der Waals surface area contributed by atoms with E-state index in [4.69, 9.17) is 23.2 Å². The third kappa shape index (κ3) is 3.37. The molecule has 0 saturated carbocycles. The average Bonchev–Trinajstić information content (AvgIpc) is 2.39. The number of nitrogens with zero attached hydrogens (tertiary/aromatic N) is 1. The first-order chi connectivity index (χ1) is 8.68. The molecule has 1 aliphatic heterocycles. The van der Waals surface area contributed by atoms with Gasteiger partial charge in [0.15, 0.2) is 0 Å². The lowest BCUT2D eigenvalue weighted by Crippen LogP contribution is -2.46. The molecule has 0 radical (unpaired) electrons. The van der Waals surface area contributed by atoms with Crippen molar-refractivity contribution in [1.29, 1.82) is 0 Å². The van der Waals surface area contributed by atoms with Gasteiger partial charge in [-0.2, -0.15) is 0 Å². The first kappa shape index (κ1) is 13.7. The molecule has 1 aromatic carbocycles. The molecule has 0 atom stereocenters. The van der Waals surface area contributed by atoms with Gasteiger partial charge in [-0.15, -0.1) is 0 Å². The van der Waals surface area contributed by atoms with Gasteiger partial charge in [0.2, 0.25) is 5.91 Å². The van der Waals surface area contributed by atoms with Crippen molar-refractivity contribution in [1.82, 2.24) is 10.2 Å². The zero-order valence-electron chi connectivity index (χ0n) is 10.1. The van der Waals surface area contributed by atoms with E-state index in [0.717, 1.165) is 31.7 Å². The maximum Gasteiger partial charge on any atom is 0.222 e. The SMILES string of the molecule is O=C(CCc1c(Cl)cccc1Cl)N1CCNCC1. The summed E-state index contributed by atoms with van der Waals surface area (Å²) in [7, 11) is 0. The van der Waals surface area contributed by atoms with Crippen LogP contribution in [0.5, 0.6) is 0 Å². The maximum absolute atomic E-state index is 12.0. The molecule has 18 heavy (non-hydrogen) atoms. The van der Waals surface area contributed by atoms with Crippen LogP contribution < -0.4 is 5.32 Å². The van der Waals surface area contributed by atoms with Crippen LogP contribution in [-0.4, -0.2) is 37.0 Å². The van der Waals surface area contributed by atoms with Crippen molar-refractivity contribution in [3.05, 3.63) is 33.8 Å². The molecule has 2 rings (SSSR count). The lowest BCUT2D eigenvalue weighted by molar-refractivity contribution is -0.131. The Kier molecular flexibility index (Phi) is 4.87. The van der Waals surface area contributed by atoms with Crippen LogP contribution in [0.3, 0.4) is 0 Å². The highest BCUT2D eigenvalue weighted by Crippen LogP contribution is 2.25. The van der Waals surface area contributed by atoms with Crippen LogP contribution >= 0.6 is 23.2 Å². The second-order valence-electron chi connectivity index (χ2n) is 4.33. The third-order valence-electron chi connectivity index (χ3n) is 3.12. The van der Waals surface area contributed by atoms with E-state index in [0.29, 0.717) is 22.9 Å². The lowest BCUT2D eigenvalue weighted by atomic mass is 10.1. The Balaban J connectivity index is 1.92. The third-order valence-corrected chi connectivity index (χ3v) is 3.83. The van der Waals surface area contributed by atoms with Crippen molar-refractivity contribution >= 4 is 29.1 Å². The van der Waals surface area contributed by atoms with Crippen molar-refractivity contribution < 1.29 is 4.79 Å². The zero-order valence-corrected chi connectivity index (χ0v) is 11.6. The highest BCUT2D eigenvalue weighted by molar-refractivity contribution is 6.36. The molecule has 1 amide bonds. The van der Waals surface area contributed by atoms with Crippen LogP contribution in [0.15, 0.2) is 18.2 Å². The normalized spacial score (nSPS) is 15.8. The van der Waals surface area contributed by atoms with E-state index in [1.165, 1.54) is 0 Å². The molecule has 98 valence electrons. The number of carbonyl (C=O) groups excluding carboxylic acids is 1. The van der Waals surface area contributed by atoms with Gasteiger partial charge in [-0.3, -0.25) is 4.79 Å². The minimum atomic E-state index is 0.174. The second-order valence-corrected chi connectivity index (χ2v) is 5.15. The molecule has 0 aromatic heterocycles. The van der Waals surface area contributed by atoms with Crippen molar-refractivity contribution in [3.63, 3.8) is 0 Å². The molecule has 0 aliphatic carbocycles. The summed E-state index contributed by atoms with van der Waals surface area (Å²) in [6, 6.07) is 5.42. The molecule has 0 spiro atoms. The number of hydrogen-bond acceptors (Lipinski definition) is 2. The summed E-state index contributed by atoms with van der Waals surface area (Å²) in [5.41, 5.74) is 0.865. The number of piperazine rings is 1. The standard InChI is InChI=1S/C13H16Cl2N2O/c14-11-2-1-3-12(15)10(11)4-5-13(18)17-8-6-16-7-9-17/h1-3,16H,4-9H2. The Bertz CT molecular complexity index is 411. The molecular weight excluding hydrogens is 271 g/mol. The van der Waals surface area contributed by atoms with Crippen LogP contribution in [-0.2, 0) is 11.2 Å². The first-order valence-electron chi connectivity index (χ1n) is 6.10. The molecule has 1 heterocycles. The van der Waals surface area contributed by atoms with Gasteiger partial charge in [0.05, 0.1) is 0 Å². The van der Waals surface area contributed by atoms with Crippen LogP contribution in [0, 0.1) is 0 Å². The van der Waals surface area contributed by atoms with Gasteiger partial charge in [-0.05, 0) is 24.1 Å². The van der Waals surface area contributed by atoms with Gasteiger partial charge in [0.25, 0.3) is 0 Å². The number of amides is 1. The fourth-order valence-corrected chi connectivity index (χ4v) is 2.66. The van der Waals surface area contributed by atoms with E-state index < -0.39 is 0 Å². The number of carbonyl (C=O) groups is 1. The highest BCUT2D eigenvalue weighted by atomic mass is 35.5. The quantitative estimate of drug-likeness (QED) is 0.925. The number of halogens is 2. The number of benzene rings is 1. The van der Waals surface area contributed by atoms with Crippen molar-refractivity contribution in [2.45, 2.75) is 12.8 Å². The fraction of sp³-hybridized carbons (Fsp3) is 0.462. The van der Waals surface area contributed by atoms with Crippen LogP contribution in [0.4, 0.5) is 0 Å². The van der Waals surface area contributed by atoms with Crippen LogP contribution in [0.1, 0.15) is 12.0 Å². The van der Waals surface area contributed by atoms with Gasteiger partial charge in [-0.25, -0.2) is 0 Å². The molecule has 5 heteroatoms. The number of nitrogens with one attached hydrogen (secondary N) is 1. The predicted molar refractivity (Wildman–Crippen MR) is 74.2 cm³/mol. The Labute approximate surface area is 117 Å². The molecule has 1 aliphatic rings. The minimum absolute atomic E-state index is 0.174. The van der Waals surface area contributed by atoms with Crippen molar-refractivity contribution in [2.75, 3.05) is 26.2 Å². The molecule has 1 saturated heterocycles. The van der Waals surface area contributed by atoms with E-state index in [-0.39, 0.29) is 5.91 Å². The van der Waals surface area contributed by atoms with Gasteiger partial charge in [0, 0.05) is 42.6 Å². The summed E-state index contributed by atoms with van der Waals surface area (Å²) in [4.78, 5) is 13.9. The monoisotopic (exact) mass is 286 g/mol. The Morgan fingerprint density at radius 3 is 2.44 bits per heavy atom. The zero-order chi connectivity index (χ0) is 13.0. The van der Waals surface area contributed by atoms with E-state index in [1.54, 1.807) is 12.1 Å². The van der Waals surface area contributed by atoms with Gasteiger partial charge in [-0.1, -0.05) is 29.3 Å². The molecule has 1 fully saturated rings. The Morgan fingerprint density at radius 2 is 1.83 bits per heavy atom. The molecule has 1 aromatic rings. The van der Waals surface area contributed by atoms with E-state index in [9.17, 15) is 4.79 Å². The highest BCUT2D eigenvalue weighted by Gasteiger charge is 2.16. The minimum Gasteiger partial charge on any atom is -0.340 e. The summed E-state index contributed by atoms with van der Waals surface area (Å²) in [6.07, 6.45) is 1.06. The van der Waals surface area contributed by atoms with Crippen molar-refractivity contribution in [3.8, 4) is 0 Å². The molecule has 1 N–H and O–H groups in total. The molecular formula is C13H16Cl2N2O. The molecule has 0 bridgehead atoms. The first-order valence-corrected chi connectivity index (χ1v) is 6.85.